The van der Waals surface area contributed by atoms with Gasteiger partial charge in [0, 0.05) is 18.8 Å². The summed E-state index contributed by atoms with van der Waals surface area (Å²) in [5, 5.41) is 2.52. The molecular weight excluding hydrogens is 513 g/mol. The lowest BCUT2D eigenvalue weighted by molar-refractivity contribution is -0.137. The van der Waals surface area contributed by atoms with Crippen LogP contribution < -0.4 is 19.1 Å². The van der Waals surface area contributed by atoms with Crippen molar-refractivity contribution in [2.45, 2.75) is 18.0 Å². The molecule has 2 aromatic carbocycles. The number of rotatable bonds is 8. The Balaban J connectivity index is 1.84. The van der Waals surface area contributed by atoms with E-state index in [1.54, 1.807) is 25.2 Å². The SMILES string of the molecule is CCOc1ccc(N(C)S(=O)c2cc(Cl)sc2C(=O)Nc2ccc(C(F)(F)F)cc2)cc1OC. The summed E-state index contributed by atoms with van der Waals surface area (Å²) in [6.45, 7) is 2.29. The zero-order valence-corrected chi connectivity index (χ0v) is 20.6. The lowest BCUT2D eigenvalue weighted by atomic mass is 10.2. The molecule has 0 fully saturated rings. The third kappa shape index (κ3) is 5.83. The van der Waals surface area contributed by atoms with Crippen molar-refractivity contribution in [3.63, 3.8) is 0 Å². The quantitative estimate of drug-likeness (QED) is 0.373. The zero-order valence-electron chi connectivity index (χ0n) is 18.2. The van der Waals surface area contributed by atoms with Crippen molar-refractivity contribution >= 4 is 51.2 Å². The normalized spacial score (nSPS) is 12.2. The molecule has 6 nitrogen and oxygen atoms in total. The first-order valence-electron chi connectivity index (χ1n) is 9.79. The van der Waals surface area contributed by atoms with Crippen LogP contribution in [-0.2, 0) is 17.2 Å². The van der Waals surface area contributed by atoms with E-state index in [0.717, 1.165) is 35.6 Å². The molecule has 1 unspecified atom stereocenters. The molecule has 1 atom stereocenters. The number of carbonyl (C=O) groups excluding carboxylic acids is 1. The molecule has 1 heterocycles. The second-order valence-corrected chi connectivity index (χ2v) is 9.96. The van der Waals surface area contributed by atoms with Crippen LogP contribution in [0.4, 0.5) is 24.5 Å². The fourth-order valence-corrected chi connectivity index (χ4v) is 5.50. The molecule has 0 saturated carbocycles. The van der Waals surface area contributed by atoms with Gasteiger partial charge >= 0.3 is 6.18 Å². The summed E-state index contributed by atoms with van der Waals surface area (Å²) in [6.07, 6.45) is -4.48. The van der Waals surface area contributed by atoms with E-state index in [4.69, 9.17) is 21.1 Å². The van der Waals surface area contributed by atoms with Gasteiger partial charge in [0.2, 0.25) is 0 Å². The Morgan fingerprint density at radius 1 is 1.15 bits per heavy atom. The van der Waals surface area contributed by atoms with Gasteiger partial charge in [-0.05, 0) is 49.4 Å². The Bertz CT molecular complexity index is 1200. The van der Waals surface area contributed by atoms with E-state index < -0.39 is 28.6 Å². The first-order chi connectivity index (χ1) is 16.0. The van der Waals surface area contributed by atoms with Crippen molar-refractivity contribution in [1.29, 1.82) is 0 Å². The molecule has 3 rings (SSSR count). The fourth-order valence-electron chi connectivity index (χ4n) is 2.93. The summed E-state index contributed by atoms with van der Waals surface area (Å²) in [5.41, 5.74) is -0.141. The van der Waals surface area contributed by atoms with E-state index in [-0.39, 0.29) is 19.8 Å². The number of halogens is 4. The average molecular weight is 533 g/mol. The maximum atomic E-state index is 13.3. The average Bonchev–Trinajstić information content (AvgIpc) is 3.20. The van der Waals surface area contributed by atoms with Crippen LogP contribution in [0.15, 0.2) is 53.4 Å². The van der Waals surface area contributed by atoms with Gasteiger partial charge in [0.15, 0.2) is 22.5 Å². The van der Waals surface area contributed by atoms with Crippen LogP contribution in [0.2, 0.25) is 4.34 Å². The highest BCUT2D eigenvalue weighted by Gasteiger charge is 2.30. The van der Waals surface area contributed by atoms with Crippen LogP contribution in [0.3, 0.4) is 0 Å². The first kappa shape index (κ1) is 25.9. The zero-order chi connectivity index (χ0) is 25.0. The highest BCUT2D eigenvalue weighted by atomic mass is 35.5. The smallest absolute Gasteiger partial charge is 0.416 e. The van der Waals surface area contributed by atoms with E-state index in [1.165, 1.54) is 17.5 Å². The highest BCUT2D eigenvalue weighted by Crippen LogP contribution is 2.36. The van der Waals surface area contributed by atoms with Gasteiger partial charge in [0.05, 0.1) is 34.2 Å². The Labute approximate surface area is 205 Å². The molecule has 3 aromatic rings. The number of hydrogen-bond acceptors (Lipinski definition) is 5. The van der Waals surface area contributed by atoms with Crippen LogP contribution in [0, 0.1) is 0 Å². The van der Waals surface area contributed by atoms with Gasteiger partial charge in [-0.15, -0.1) is 11.3 Å². The van der Waals surface area contributed by atoms with Gasteiger partial charge in [-0.1, -0.05) is 11.6 Å². The van der Waals surface area contributed by atoms with Crippen LogP contribution in [0.25, 0.3) is 0 Å². The van der Waals surface area contributed by atoms with Crippen molar-refractivity contribution in [2.75, 3.05) is 30.4 Å². The predicted octanol–water partition coefficient (Wildman–Crippen LogP) is 6.24. The summed E-state index contributed by atoms with van der Waals surface area (Å²) >= 11 is 7.02. The number of amides is 1. The number of ether oxygens (including phenoxy) is 2. The summed E-state index contributed by atoms with van der Waals surface area (Å²) in [7, 11) is 1.23. The number of hydrogen-bond donors (Lipinski definition) is 1. The van der Waals surface area contributed by atoms with Crippen molar-refractivity contribution in [1.82, 2.24) is 0 Å². The van der Waals surface area contributed by atoms with Crippen molar-refractivity contribution in [2.24, 2.45) is 0 Å². The number of alkyl halides is 3. The second kappa shape index (κ2) is 10.7. The monoisotopic (exact) mass is 532 g/mol. The molecule has 0 aliphatic carbocycles. The second-order valence-electron chi connectivity index (χ2n) is 6.79. The number of thiophene rings is 1. The third-order valence-corrected chi connectivity index (χ3v) is 7.39. The number of methoxy groups -OCH3 is 1. The van der Waals surface area contributed by atoms with Crippen molar-refractivity contribution in [3.8, 4) is 11.5 Å². The van der Waals surface area contributed by atoms with Gasteiger partial charge in [-0.3, -0.25) is 9.10 Å². The summed E-state index contributed by atoms with van der Waals surface area (Å²) < 4.78 is 64.1. The molecule has 182 valence electrons. The first-order valence-corrected chi connectivity index (χ1v) is 12.1. The van der Waals surface area contributed by atoms with Gasteiger partial charge < -0.3 is 14.8 Å². The van der Waals surface area contributed by atoms with Gasteiger partial charge in [-0.25, -0.2) is 4.21 Å². The predicted molar refractivity (Wildman–Crippen MR) is 128 cm³/mol. The van der Waals surface area contributed by atoms with Crippen molar-refractivity contribution < 1.29 is 31.6 Å². The summed E-state index contributed by atoms with van der Waals surface area (Å²) in [6, 6.07) is 10.5. The van der Waals surface area contributed by atoms with Gasteiger partial charge in [0.25, 0.3) is 5.91 Å². The minimum atomic E-state index is -4.48. The van der Waals surface area contributed by atoms with Gasteiger partial charge in [-0.2, -0.15) is 13.2 Å². The lowest BCUT2D eigenvalue weighted by Gasteiger charge is -2.20. The van der Waals surface area contributed by atoms with E-state index in [2.05, 4.69) is 5.32 Å². The van der Waals surface area contributed by atoms with Crippen LogP contribution in [-0.4, -0.2) is 30.9 Å². The molecule has 0 bridgehead atoms. The Hall–Kier alpha value is -2.76. The molecule has 0 radical (unpaired) electrons. The molecule has 34 heavy (non-hydrogen) atoms. The lowest BCUT2D eigenvalue weighted by Crippen LogP contribution is -2.22. The summed E-state index contributed by atoms with van der Waals surface area (Å²) in [5.74, 6) is 0.340. The maximum absolute atomic E-state index is 13.3. The number of nitrogens with one attached hydrogen (secondary N) is 1. The highest BCUT2D eigenvalue weighted by molar-refractivity contribution is 7.86. The number of carbonyl (C=O) groups is 1. The van der Waals surface area contributed by atoms with E-state index in [0.29, 0.717) is 23.8 Å². The van der Waals surface area contributed by atoms with E-state index in [9.17, 15) is 22.2 Å². The molecule has 0 spiro atoms. The Morgan fingerprint density at radius 2 is 1.82 bits per heavy atom. The molecule has 1 amide bonds. The molecule has 1 N–H and O–H groups in total. The van der Waals surface area contributed by atoms with Crippen LogP contribution in [0.1, 0.15) is 22.2 Å². The van der Waals surface area contributed by atoms with Crippen molar-refractivity contribution in [3.05, 3.63) is 63.3 Å². The van der Waals surface area contributed by atoms with E-state index in [1.807, 2.05) is 6.92 Å². The molecule has 0 aliphatic rings. The van der Waals surface area contributed by atoms with Crippen LogP contribution in [0.5, 0.6) is 11.5 Å². The molecule has 12 heteroatoms. The molecule has 0 aliphatic heterocycles. The minimum Gasteiger partial charge on any atom is -0.493 e. The Kier molecular flexibility index (Phi) is 8.11. The Morgan fingerprint density at radius 3 is 2.41 bits per heavy atom. The van der Waals surface area contributed by atoms with Gasteiger partial charge in [0.1, 0.15) is 4.88 Å². The minimum absolute atomic E-state index is 0.0768. The maximum Gasteiger partial charge on any atom is 0.416 e. The largest absolute Gasteiger partial charge is 0.493 e. The summed E-state index contributed by atoms with van der Waals surface area (Å²) in [4.78, 5) is 13.1. The third-order valence-electron chi connectivity index (χ3n) is 4.59. The topological polar surface area (TPSA) is 67.9 Å². The number of nitrogens with zero attached hydrogens (tertiary/aromatic N) is 1. The fraction of sp³-hybridized carbons (Fsp3) is 0.227. The molecular formula is C22H20ClF3N2O4S2. The van der Waals surface area contributed by atoms with Crippen LogP contribution >= 0.6 is 22.9 Å². The number of anilines is 2. The standard InChI is InChI=1S/C22H20ClF3N2O4S2/c1-4-32-16-10-9-15(11-17(16)31-3)28(2)34(30)18-12-19(23)33-20(18)21(29)27-14-7-5-13(6-8-14)22(24,25)26/h5-12H,4H2,1-3H3,(H,27,29). The van der Waals surface area contributed by atoms with E-state index >= 15 is 0 Å². The molecule has 0 saturated heterocycles. The molecule has 1 aromatic heterocycles. The number of benzene rings is 2.